The highest BCUT2D eigenvalue weighted by molar-refractivity contribution is 6.06. The molecule has 1 aromatic heterocycles. The summed E-state index contributed by atoms with van der Waals surface area (Å²) >= 11 is 0. The Balaban J connectivity index is 1.90. The second-order valence-corrected chi connectivity index (χ2v) is 5.02. The molecule has 1 amide bonds. The van der Waals surface area contributed by atoms with Crippen molar-refractivity contribution in [3.05, 3.63) is 53.3 Å². The predicted octanol–water partition coefficient (Wildman–Crippen LogP) is 3.15. The van der Waals surface area contributed by atoms with Gasteiger partial charge in [-0.25, -0.2) is 9.07 Å². The van der Waals surface area contributed by atoms with Crippen molar-refractivity contribution in [3.63, 3.8) is 0 Å². The molecule has 3 aromatic rings. The van der Waals surface area contributed by atoms with E-state index in [1.807, 2.05) is 19.9 Å². The fourth-order valence-electron chi connectivity index (χ4n) is 2.27. The molecule has 0 aliphatic carbocycles. The molecule has 5 nitrogen and oxygen atoms in total. The molecule has 0 saturated heterocycles. The number of aromatic nitrogens is 3. The first-order chi connectivity index (χ1) is 10.6. The van der Waals surface area contributed by atoms with Crippen molar-refractivity contribution in [3.8, 4) is 0 Å². The lowest BCUT2D eigenvalue weighted by Gasteiger charge is -2.08. The van der Waals surface area contributed by atoms with Crippen LogP contribution in [0.3, 0.4) is 0 Å². The SMILES string of the molecule is CCn1nnc2cc(C(=O)Nc3cc(F)ccc3C)ccc21. The molecule has 0 atom stereocenters. The summed E-state index contributed by atoms with van der Waals surface area (Å²) in [5.41, 5.74) is 3.25. The number of fused-ring (bicyclic) bond motifs is 1. The van der Waals surface area contributed by atoms with Crippen LogP contribution in [0.25, 0.3) is 11.0 Å². The molecule has 22 heavy (non-hydrogen) atoms. The standard InChI is InChI=1S/C16H15FN4O/c1-3-21-15-7-5-11(8-14(15)19-20-21)16(22)18-13-9-12(17)6-4-10(13)2/h4-9H,3H2,1-2H3,(H,18,22). The molecule has 0 spiro atoms. The van der Waals surface area contributed by atoms with E-state index in [-0.39, 0.29) is 11.7 Å². The van der Waals surface area contributed by atoms with Gasteiger partial charge >= 0.3 is 0 Å². The van der Waals surface area contributed by atoms with Gasteiger partial charge in [0.05, 0.1) is 5.52 Å². The highest BCUT2D eigenvalue weighted by atomic mass is 19.1. The Morgan fingerprint density at radius 3 is 2.86 bits per heavy atom. The molecule has 0 unspecified atom stereocenters. The zero-order valence-corrected chi connectivity index (χ0v) is 12.3. The molecule has 0 fully saturated rings. The van der Waals surface area contributed by atoms with Crippen molar-refractivity contribution in [1.82, 2.24) is 15.0 Å². The summed E-state index contributed by atoms with van der Waals surface area (Å²) in [6, 6.07) is 9.49. The molecule has 1 heterocycles. The summed E-state index contributed by atoms with van der Waals surface area (Å²) < 4.78 is 15.0. The van der Waals surface area contributed by atoms with Gasteiger partial charge < -0.3 is 5.32 Å². The molecule has 1 N–H and O–H groups in total. The van der Waals surface area contributed by atoms with Crippen molar-refractivity contribution >= 4 is 22.6 Å². The van der Waals surface area contributed by atoms with Gasteiger partial charge in [0.15, 0.2) is 0 Å². The maximum absolute atomic E-state index is 13.3. The first-order valence-corrected chi connectivity index (χ1v) is 6.99. The van der Waals surface area contributed by atoms with Crippen molar-refractivity contribution in [2.24, 2.45) is 0 Å². The number of rotatable bonds is 3. The summed E-state index contributed by atoms with van der Waals surface area (Å²) in [5, 5.41) is 10.8. The monoisotopic (exact) mass is 298 g/mol. The summed E-state index contributed by atoms with van der Waals surface area (Å²) in [6.45, 7) is 4.50. The van der Waals surface area contributed by atoms with Gasteiger partial charge in [-0.15, -0.1) is 5.10 Å². The number of carbonyl (C=O) groups excluding carboxylic acids is 1. The maximum Gasteiger partial charge on any atom is 0.255 e. The molecule has 0 saturated carbocycles. The van der Waals surface area contributed by atoms with E-state index in [4.69, 9.17) is 0 Å². The zero-order chi connectivity index (χ0) is 15.7. The van der Waals surface area contributed by atoms with E-state index in [0.29, 0.717) is 23.3 Å². The molecular formula is C16H15FN4O. The number of hydrogen-bond donors (Lipinski definition) is 1. The molecule has 0 aliphatic heterocycles. The predicted molar refractivity (Wildman–Crippen MR) is 82.3 cm³/mol. The Kier molecular flexibility index (Phi) is 3.58. The Bertz CT molecular complexity index is 856. The molecule has 3 rings (SSSR count). The lowest BCUT2D eigenvalue weighted by Crippen LogP contribution is -2.13. The Labute approximate surface area is 126 Å². The van der Waals surface area contributed by atoms with E-state index < -0.39 is 0 Å². The third-order valence-corrected chi connectivity index (χ3v) is 3.52. The molecular weight excluding hydrogens is 283 g/mol. The number of aryl methyl sites for hydroxylation is 2. The fraction of sp³-hybridized carbons (Fsp3) is 0.188. The van der Waals surface area contributed by atoms with E-state index in [1.165, 1.54) is 12.1 Å². The third-order valence-electron chi connectivity index (χ3n) is 3.52. The number of nitrogens with one attached hydrogen (secondary N) is 1. The van der Waals surface area contributed by atoms with Crippen LogP contribution in [0.1, 0.15) is 22.8 Å². The van der Waals surface area contributed by atoms with E-state index in [1.54, 1.807) is 22.9 Å². The minimum Gasteiger partial charge on any atom is -0.322 e. The summed E-state index contributed by atoms with van der Waals surface area (Å²) in [4.78, 5) is 12.3. The van der Waals surface area contributed by atoms with Gasteiger partial charge in [0.25, 0.3) is 5.91 Å². The normalized spacial score (nSPS) is 10.9. The van der Waals surface area contributed by atoms with Gasteiger partial charge in [-0.3, -0.25) is 4.79 Å². The Morgan fingerprint density at radius 2 is 2.09 bits per heavy atom. The van der Waals surface area contributed by atoms with Gasteiger partial charge in [-0.05, 0) is 49.7 Å². The van der Waals surface area contributed by atoms with Gasteiger partial charge in [0, 0.05) is 17.8 Å². The molecule has 2 aromatic carbocycles. The van der Waals surface area contributed by atoms with Crippen molar-refractivity contribution in [1.29, 1.82) is 0 Å². The quantitative estimate of drug-likeness (QED) is 0.808. The van der Waals surface area contributed by atoms with E-state index in [2.05, 4.69) is 15.6 Å². The largest absolute Gasteiger partial charge is 0.322 e. The third kappa shape index (κ3) is 2.55. The number of halogens is 1. The Morgan fingerprint density at radius 1 is 1.27 bits per heavy atom. The average Bonchev–Trinajstić information content (AvgIpc) is 2.93. The number of carbonyl (C=O) groups is 1. The number of anilines is 1. The Hall–Kier alpha value is -2.76. The lowest BCUT2D eigenvalue weighted by atomic mass is 10.1. The topological polar surface area (TPSA) is 59.8 Å². The number of hydrogen-bond acceptors (Lipinski definition) is 3. The van der Waals surface area contributed by atoms with Crippen LogP contribution in [0.2, 0.25) is 0 Å². The maximum atomic E-state index is 13.3. The number of benzene rings is 2. The highest BCUT2D eigenvalue weighted by Crippen LogP contribution is 2.19. The van der Waals surface area contributed by atoms with Crippen LogP contribution < -0.4 is 5.32 Å². The first-order valence-electron chi connectivity index (χ1n) is 6.99. The van der Waals surface area contributed by atoms with Crippen molar-refractivity contribution in [2.75, 3.05) is 5.32 Å². The van der Waals surface area contributed by atoms with Gasteiger partial charge in [0.2, 0.25) is 0 Å². The first kappa shape index (κ1) is 14.2. The molecule has 6 heteroatoms. The smallest absolute Gasteiger partial charge is 0.255 e. The number of nitrogens with zero attached hydrogens (tertiary/aromatic N) is 3. The van der Waals surface area contributed by atoms with Crippen LogP contribution in [0.4, 0.5) is 10.1 Å². The molecule has 0 radical (unpaired) electrons. The molecule has 0 bridgehead atoms. The van der Waals surface area contributed by atoms with Crippen LogP contribution in [0, 0.1) is 12.7 Å². The lowest BCUT2D eigenvalue weighted by molar-refractivity contribution is 0.102. The van der Waals surface area contributed by atoms with Gasteiger partial charge in [-0.1, -0.05) is 11.3 Å². The number of amides is 1. The summed E-state index contributed by atoms with van der Waals surface area (Å²) in [6.07, 6.45) is 0. The van der Waals surface area contributed by atoms with Crippen molar-refractivity contribution in [2.45, 2.75) is 20.4 Å². The summed E-state index contributed by atoms with van der Waals surface area (Å²) in [7, 11) is 0. The minimum atomic E-state index is -0.387. The second kappa shape index (κ2) is 5.55. The van der Waals surface area contributed by atoms with Crippen LogP contribution in [-0.2, 0) is 6.54 Å². The zero-order valence-electron chi connectivity index (χ0n) is 12.3. The van der Waals surface area contributed by atoms with Gasteiger partial charge in [-0.2, -0.15) is 0 Å². The van der Waals surface area contributed by atoms with Crippen LogP contribution in [0.5, 0.6) is 0 Å². The second-order valence-electron chi connectivity index (χ2n) is 5.02. The van der Waals surface area contributed by atoms with E-state index in [0.717, 1.165) is 11.1 Å². The molecule has 0 aliphatic rings. The van der Waals surface area contributed by atoms with Crippen molar-refractivity contribution < 1.29 is 9.18 Å². The van der Waals surface area contributed by atoms with Crippen LogP contribution in [-0.4, -0.2) is 20.9 Å². The highest BCUT2D eigenvalue weighted by Gasteiger charge is 2.11. The summed E-state index contributed by atoms with van der Waals surface area (Å²) in [5.74, 6) is -0.691. The van der Waals surface area contributed by atoms with Crippen LogP contribution >= 0.6 is 0 Å². The van der Waals surface area contributed by atoms with Crippen LogP contribution in [0.15, 0.2) is 36.4 Å². The minimum absolute atomic E-state index is 0.304. The van der Waals surface area contributed by atoms with Gasteiger partial charge in [0.1, 0.15) is 11.3 Å². The van der Waals surface area contributed by atoms with E-state index in [9.17, 15) is 9.18 Å². The fourth-order valence-corrected chi connectivity index (χ4v) is 2.27. The molecule has 112 valence electrons. The average molecular weight is 298 g/mol. The van der Waals surface area contributed by atoms with E-state index >= 15 is 0 Å².